The first kappa shape index (κ1) is 43.5. The Balaban J connectivity index is 0.00000338. The summed E-state index contributed by atoms with van der Waals surface area (Å²) in [5.41, 5.74) is 11.1. The largest absolute Gasteiger partial charge is 0.481 e. The number of hydrogen-bond acceptors (Lipinski definition) is 17. The number of aromatic nitrogens is 5. The predicted octanol–water partition coefficient (Wildman–Crippen LogP) is -3.66. The van der Waals surface area contributed by atoms with Crippen LogP contribution in [0.15, 0.2) is 37.2 Å². The SMILES string of the molecule is NC(=O)c1ccc[n+]([C@@H]2O[C@H](COP(=O)(O)OP(=O)(O)OC[C@H]3O[C@@H](n4cnc5c(N)ncnc54)[C@H](OP(=O)(O)O)[C@@H]3O)[C@@H](O)[C@H]2O)c1.[Na].[Na]. The van der Waals surface area contributed by atoms with Crippen LogP contribution in [0, 0.1) is 0 Å². The molecule has 0 spiro atoms. The summed E-state index contributed by atoms with van der Waals surface area (Å²) in [6.07, 6.45) is -8.39. The van der Waals surface area contributed by atoms with Gasteiger partial charge in [-0.3, -0.25) is 22.9 Å². The molecule has 1 amide bonds. The molecule has 11 N–H and O–H groups in total. The number of amides is 1. The minimum absolute atomic E-state index is 0. The molecule has 3 aromatic rings. The number of rotatable bonds is 13. The fourth-order valence-corrected chi connectivity index (χ4v) is 7.47. The van der Waals surface area contributed by atoms with Crippen molar-refractivity contribution < 1.29 is 85.3 Å². The molecule has 24 nitrogen and oxygen atoms in total. The second kappa shape index (κ2) is 17.1. The molecule has 3 aromatic heterocycles. The first-order valence-corrected chi connectivity index (χ1v) is 17.9. The number of primary amides is 1. The Bertz CT molecular complexity index is 1820. The number of carbonyl (C=O) groups is 1. The number of imidazole rings is 1. The number of nitrogen functional groups attached to an aromatic ring is 1. The summed E-state index contributed by atoms with van der Waals surface area (Å²) in [4.78, 5) is 62.2. The van der Waals surface area contributed by atoms with E-state index < -0.39 is 91.7 Å². The van der Waals surface area contributed by atoms with Crippen LogP contribution in [0.3, 0.4) is 0 Å². The number of carbonyl (C=O) groups excluding carboxylic acids is 1. The van der Waals surface area contributed by atoms with Crippen LogP contribution in [-0.4, -0.2) is 169 Å². The molecule has 2 fully saturated rings. The van der Waals surface area contributed by atoms with Crippen molar-refractivity contribution in [2.24, 2.45) is 5.73 Å². The van der Waals surface area contributed by atoms with Gasteiger partial charge in [-0.25, -0.2) is 28.6 Å². The summed E-state index contributed by atoms with van der Waals surface area (Å²) >= 11 is 0. The zero-order chi connectivity index (χ0) is 35.2. The number of phosphoric ester groups is 3. The Morgan fingerprint density at radius 1 is 0.940 bits per heavy atom. The Hall–Kier alpha value is -0.860. The molecule has 5 rings (SSSR count). The zero-order valence-corrected chi connectivity index (χ0v) is 32.6. The van der Waals surface area contributed by atoms with Crippen molar-refractivity contribution in [3.63, 3.8) is 0 Å². The Morgan fingerprint density at radius 3 is 2.16 bits per heavy atom. The van der Waals surface area contributed by atoms with Crippen molar-refractivity contribution in [2.75, 3.05) is 18.9 Å². The molecule has 5 heterocycles. The molecule has 2 radical (unpaired) electrons. The summed E-state index contributed by atoms with van der Waals surface area (Å²) in [6, 6.07) is 2.79. The molecule has 10 atom stereocenters. The fourth-order valence-electron chi connectivity index (χ4n) is 4.83. The van der Waals surface area contributed by atoms with Crippen LogP contribution in [0.1, 0.15) is 22.8 Å². The summed E-state index contributed by atoms with van der Waals surface area (Å²) in [5.74, 6) is -0.848. The van der Waals surface area contributed by atoms with E-state index in [0.717, 1.165) is 17.2 Å². The van der Waals surface area contributed by atoms with E-state index in [1.807, 2.05) is 0 Å². The molecule has 0 aromatic carbocycles. The van der Waals surface area contributed by atoms with Crippen LogP contribution in [0.4, 0.5) is 5.82 Å². The predicted molar refractivity (Wildman–Crippen MR) is 162 cm³/mol. The summed E-state index contributed by atoms with van der Waals surface area (Å²) in [5, 5.41) is 31.5. The minimum Gasteiger partial charge on any atom is -0.387 e. The minimum atomic E-state index is -5.52. The first-order chi connectivity index (χ1) is 22.4. The Kier molecular flexibility index (Phi) is 14.9. The number of hydrogen-bond donors (Lipinski definition) is 9. The molecule has 0 bridgehead atoms. The third-order valence-corrected chi connectivity index (χ3v) is 10.1. The van der Waals surface area contributed by atoms with Crippen molar-refractivity contribution in [2.45, 2.75) is 49.1 Å². The van der Waals surface area contributed by atoms with E-state index in [2.05, 4.69) is 23.8 Å². The van der Waals surface area contributed by atoms with Crippen LogP contribution in [0.5, 0.6) is 0 Å². The van der Waals surface area contributed by atoms with Gasteiger partial charge in [0.25, 0.3) is 12.1 Å². The van der Waals surface area contributed by atoms with Gasteiger partial charge in [0.1, 0.15) is 47.9 Å². The molecule has 2 unspecified atom stereocenters. The molecule has 0 aliphatic carbocycles. The van der Waals surface area contributed by atoms with Crippen LogP contribution >= 0.6 is 23.5 Å². The van der Waals surface area contributed by atoms with E-state index in [4.69, 9.17) is 30.0 Å². The monoisotopic (exact) mass is 790 g/mol. The van der Waals surface area contributed by atoms with Gasteiger partial charge in [-0.1, -0.05) is 0 Å². The van der Waals surface area contributed by atoms with E-state index in [1.54, 1.807) is 0 Å². The van der Waals surface area contributed by atoms with E-state index in [9.17, 15) is 53.4 Å². The molecule has 2 saturated heterocycles. The standard InChI is InChI=1S/C21H28N7O17P3.2Na/c22-17-12-19(25-7-24-17)28(8-26-12)21-16(44-46(33,34)35)14(30)11(43-21)6-41-48(38,39)45-47(36,37)40-5-10-13(29)15(31)20(42-10)27-3-1-2-9(4-27)18(23)32;;/h1-4,7-8,10-11,13-16,20-21,29-31H,5-6H2,(H7-,22,23,24,25,32,33,34,35,36,37,38,39);;/p+1/t10-,11-,13-,14-,15-,16-,20-,21-;;/m1../s1. The second-order valence-corrected chi connectivity index (χ2v) is 14.5. The van der Waals surface area contributed by atoms with Crippen LogP contribution < -0.4 is 16.0 Å². The van der Waals surface area contributed by atoms with E-state index in [0.29, 0.717) is 0 Å². The number of ether oxygens (including phenoxy) is 2. The van der Waals surface area contributed by atoms with E-state index in [1.165, 1.54) is 29.1 Å². The van der Waals surface area contributed by atoms with Crippen LogP contribution in [-0.2, 0) is 41.1 Å². The van der Waals surface area contributed by atoms with Crippen molar-refractivity contribution in [1.82, 2.24) is 19.5 Å². The van der Waals surface area contributed by atoms with Crippen molar-refractivity contribution in [3.05, 3.63) is 42.7 Å². The molecule has 50 heavy (non-hydrogen) atoms. The van der Waals surface area contributed by atoms with Gasteiger partial charge in [0.15, 0.2) is 36.2 Å². The maximum atomic E-state index is 12.6. The molecule has 2 aliphatic heterocycles. The van der Waals surface area contributed by atoms with Gasteiger partial charge in [0, 0.05) is 65.2 Å². The molecule has 2 aliphatic rings. The topological polar surface area (TPSA) is 365 Å². The number of nitrogens with zero attached hydrogens (tertiary/aromatic N) is 5. The maximum Gasteiger partial charge on any atom is 0.481 e. The van der Waals surface area contributed by atoms with Crippen LogP contribution in [0.25, 0.3) is 11.2 Å². The summed E-state index contributed by atoms with van der Waals surface area (Å²) in [6.45, 7) is -2.03. The average molecular weight is 790 g/mol. The first-order valence-electron chi connectivity index (χ1n) is 13.3. The maximum absolute atomic E-state index is 12.6. The average Bonchev–Trinajstić information content (AvgIpc) is 3.64. The van der Waals surface area contributed by atoms with Gasteiger partial charge < -0.3 is 55.8 Å². The third-order valence-electron chi connectivity index (χ3n) is 6.98. The van der Waals surface area contributed by atoms with Crippen molar-refractivity contribution >= 4 is 105 Å². The normalized spacial score (nSPS) is 29.1. The molecule has 29 heteroatoms. The summed E-state index contributed by atoms with van der Waals surface area (Å²) < 4.78 is 68.4. The third kappa shape index (κ3) is 10.2. The van der Waals surface area contributed by atoms with Crippen molar-refractivity contribution in [1.29, 1.82) is 0 Å². The number of anilines is 1. The molecular weight excluding hydrogens is 761 g/mol. The fraction of sp³-hybridized carbons (Fsp3) is 0.476. The van der Waals surface area contributed by atoms with Gasteiger partial charge in [-0.2, -0.15) is 8.88 Å². The quantitative estimate of drug-likeness (QED) is 0.0457. The van der Waals surface area contributed by atoms with E-state index in [-0.39, 0.29) is 81.7 Å². The Morgan fingerprint density at radius 2 is 1.56 bits per heavy atom. The van der Waals surface area contributed by atoms with E-state index >= 15 is 0 Å². The number of phosphoric acid groups is 3. The van der Waals surface area contributed by atoms with Gasteiger partial charge in [0.05, 0.1) is 19.5 Å². The van der Waals surface area contributed by atoms with Gasteiger partial charge >= 0.3 is 23.5 Å². The van der Waals surface area contributed by atoms with Gasteiger partial charge in [-0.15, -0.1) is 0 Å². The number of nitrogens with two attached hydrogens (primary N) is 2. The number of pyridine rings is 1. The van der Waals surface area contributed by atoms with Crippen LogP contribution in [0.2, 0.25) is 0 Å². The second-order valence-electron chi connectivity index (χ2n) is 10.3. The number of aliphatic hydroxyl groups is 3. The van der Waals surface area contributed by atoms with Gasteiger partial charge in [-0.05, 0) is 6.07 Å². The molecular formula is C21H29N7Na2O17P3+. The number of fused-ring (bicyclic) bond motifs is 1. The van der Waals surface area contributed by atoms with Gasteiger partial charge in [0.2, 0.25) is 0 Å². The number of aliphatic hydroxyl groups excluding tert-OH is 3. The molecule has 0 saturated carbocycles. The Labute approximate surface area is 324 Å². The summed E-state index contributed by atoms with van der Waals surface area (Å²) in [7, 11) is -16.3. The van der Waals surface area contributed by atoms with Crippen molar-refractivity contribution in [3.8, 4) is 0 Å². The molecule has 266 valence electrons. The smallest absolute Gasteiger partial charge is 0.387 e. The zero-order valence-electron chi connectivity index (χ0n) is 25.9.